The monoisotopic (exact) mass is 275 g/mol. The van der Waals surface area contributed by atoms with E-state index in [0.29, 0.717) is 23.4 Å². The van der Waals surface area contributed by atoms with E-state index in [4.69, 9.17) is 11.0 Å². The summed E-state index contributed by atoms with van der Waals surface area (Å²) in [6.07, 6.45) is 0. The normalized spacial score (nSPS) is 9.14. The Labute approximate surface area is 123 Å². The van der Waals surface area contributed by atoms with Crippen LogP contribution >= 0.6 is 0 Å². The molecule has 0 atom stereocenters. The standard InChI is InChI=1S/C17H13N3O/c18-10-2-4-13-3-1-5-16(11-13)20-17(21)15-8-6-14(12-19)7-9-15/h1,3,5-9,11H,10,18H2,(H,20,21). The molecule has 0 aliphatic carbocycles. The summed E-state index contributed by atoms with van der Waals surface area (Å²) in [4.78, 5) is 12.1. The van der Waals surface area contributed by atoms with Crippen molar-refractivity contribution in [3.05, 3.63) is 65.2 Å². The molecule has 0 unspecified atom stereocenters. The van der Waals surface area contributed by atoms with Gasteiger partial charge in [-0.15, -0.1) is 0 Å². The van der Waals surface area contributed by atoms with Gasteiger partial charge in [0, 0.05) is 16.8 Å². The van der Waals surface area contributed by atoms with Crippen LogP contribution in [-0.4, -0.2) is 12.5 Å². The van der Waals surface area contributed by atoms with Gasteiger partial charge in [-0.05, 0) is 42.5 Å². The summed E-state index contributed by atoms with van der Waals surface area (Å²) in [7, 11) is 0. The van der Waals surface area contributed by atoms with E-state index in [-0.39, 0.29) is 5.91 Å². The molecule has 0 saturated carbocycles. The van der Waals surface area contributed by atoms with Crippen LogP contribution in [-0.2, 0) is 0 Å². The number of carbonyl (C=O) groups excluding carboxylic acids is 1. The molecule has 2 aromatic carbocycles. The minimum absolute atomic E-state index is 0.233. The molecule has 4 heteroatoms. The fraction of sp³-hybridized carbons (Fsp3) is 0.0588. The van der Waals surface area contributed by atoms with Gasteiger partial charge in [-0.3, -0.25) is 4.79 Å². The molecule has 4 nitrogen and oxygen atoms in total. The van der Waals surface area contributed by atoms with Gasteiger partial charge in [0.25, 0.3) is 5.91 Å². The number of anilines is 1. The summed E-state index contributed by atoms with van der Waals surface area (Å²) in [6, 6.07) is 15.7. The molecule has 0 aliphatic rings. The average Bonchev–Trinajstić information content (AvgIpc) is 2.53. The topological polar surface area (TPSA) is 78.9 Å². The first-order chi connectivity index (χ1) is 10.2. The first-order valence-electron chi connectivity index (χ1n) is 6.33. The largest absolute Gasteiger partial charge is 0.322 e. The zero-order valence-electron chi connectivity index (χ0n) is 11.3. The van der Waals surface area contributed by atoms with E-state index in [1.807, 2.05) is 18.2 Å². The molecule has 0 aromatic heterocycles. The third kappa shape index (κ3) is 3.94. The van der Waals surface area contributed by atoms with Crippen LogP contribution in [0.3, 0.4) is 0 Å². The van der Waals surface area contributed by atoms with Gasteiger partial charge in [0.1, 0.15) is 0 Å². The third-order valence-corrected chi connectivity index (χ3v) is 2.73. The van der Waals surface area contributed by atoms with Crippen molar-refractivity contribution < 1.29 is 4.79 Å². The summed E-state index contributed by atoms with van der Waals surface area (Å²) in [5, 5.41) is 11.5. The maximum atomic E-state index is 12.1. The Kier molecular flexibility index (Phi) is 4.71. The molecule has 0 fully saturated rings. The predicted octanol–water partition coefficient (Wildman–Crippen LogP) is 2.12. The first-order valence-corrected chi connectivity index (χ1v) is 6.33. The fourth-order valence-electron chi connectivity index (χ4n) is 1.73. The molecule has 2 rings (SSSR count). The average molecular weight is 275 g/mol. The molecule has 0 spiro atoms. The second kappa shape index (κ2) is 6.91. The van der Waals surface area contributed by atoms with Crippen LogP contribution in [0.2, 0.25) is 0 Å². The molecule has 2 aromatic rings. The number of rotatable bonds is 2. The van der Waals surface area contributed by atoms with E-state index in [1.165, 1.54) is 0 Å². The van der Waals surface area contributed by atoms with E-state index in [0.717, 1.165) is 5.56 Å². The number of nitrogens with zero attached hydrogens (tertiary/aromatic N) is 1. The second-order valence-corrected chi connectivity index (χ2v) is 4.23. The van der Waals surface area contributed by atoms with Crippen LogP contribution < -0.4 is 11.1 Å². The maximum absolute atomic E-state index is 12.1. The molecular weight excluding hydrogens is 262 g/mol. The van der Waals surface area contributed by atoms with Crippen LogP contribution in [0.5, 0.6) is 0 Å². The molecule has 0 heterocycles. The van der Waals surface area contributed by atoms with E-state index in [2.05, 4.69) is 17.2 Å². The quantitative estimate of drug-likeness (QED) is 0.824. The highest BCUT2D eigenvalue weighted by Gasteiger charge is 2.06. The highest BCUT2D eigenvalue weighted by Crippen LogP contribution is 2.12. The van der Waals surface area contributed by atoms with Crippen LogP contribution in [0.1, 0.15) is 21.5 Å². The van der Waals surface area contributed by atoms with Gasteiger partial charge in [-0.1, -0.05) is 17.9 Å². The lowest BCUT2D eigenvalue weighted by atomic mass is 10.1. The molecule has 0 radical (unpaired) electrons. The second-order valence-electron chi connectivity index (χ2n) is 4.23. The summed E-state index contributed by atoms with van der Waals surface area (Å²) >= 11 is 0. The van der Waals surface area contributed by atoms with Crippen molar-refractivity contribution in [3.8, 4) is 17.9 Å². The molecule has 0 aliphatic heterocycles. The van der Waals surface area contributed by atoms with E-state index in [9.17, 15) is 4.79 Å². The number of benzene rings is 2. The highest BCUT2D eigenvalue weighted by atomic mass is 16.1. The molecule has 102 valence electrons. The number of nitrogens with two attached hydrogens (primary N) is 1. The number of amides is 1. The molecule has 21 heavy (non-hydrogen) atoms. The Morgan fingerprint density at radius 1 is 1.14 bits per heavy atom. The van der Waals surface area contributed by atoms with Gasteiger partial charge in [-0.25, -0.2) is 0 Å². The number of nitrogens with one attached hydrogen (secondary N) is 1. The summed E-state index contributed by atoms with van der Waals surface area (Å²) in [5.74, 6) is 5.44. The van der Waals surface area contributed by atoms with Gasteiger partial charge in [0.15, 0.2) is 0 Å². The zero-order valence-corrected chi connectivity index (χ0v) is 11.3. The van der Waals surface area contributed by atoms with Crippen molar-refractivity contribution in [2.75, 3.05) is 11.9 Å². The van der Waals surface area contributed by atoms with Crippen molar-refractivity contribution in [3.63, 3.8) is 0 Å². The lowest BCUT2D eigenvalue weighted by Crippen LogP contribution is -2.11. The van der Waals surface area contributed by atoms with E-state index in [1.54, 1.807) is 36.4 Å². The van der Waals surface area contributed by atoms with Crippen molar-refractivity contribution >= 4 is 11.6 Å². The van der Waals surface area contributed by atoms with E-state index < -0.39 is 0 Å². The van der Waals surface area contributed by atoms with Crippen LogP contribution in [0, 0.1) is 23.2 Å². The van der Waals surface area contributed by atoms with Gasteiger partial charge in [-0.2, -0.15) is 5.26 Å². The smallest absolute Gasteiger partial charge is 0.255 e. The summed E-state index contributed by atoms with van der Waals surface area (Å²) in [6.45, 7) is 0.293. The van der Waals surface area contributed by atoms with Crippen LogP contribution in [0.15, 0.2) is 48.5 Å². The zero-order chi connectivity index (χ0) is 15.1. The molecular formula is C17H13N3O. The first kappa shape index (κ1) is 14.3. The molecule has 3 N–H and O–H groups in total. The number of nitriles is 1. The van der Waals surface area contributed by atoms with Gasteiger partial charge >= 0.3 is 0 Å². The fourth-order valence-corrected chi connectivity index (χ4v) is 1.73. The van der Waals surface area contributed by atoms with Crippen molar-refractivity contribution in [2.45, 2.75) is 0 Å². The van der Waals surface area contributed by atoms with Gasteiger partial charge in [0.2, 0.25) is 0 Å². The SMILES string of the molecule is N#Cc1ccc(C(=O)Nc2cccc(C#CCN)c2)cc1. The molecule has 0 bridgehead atoms. The van der Waals surface area contributed by atoms with Crippen LogP contribution in [0.25, 0.3) is 0 Å². The Morgan fingerprint density at radius 2 is 1.90 bits per heavy atom. The lowest BCUT2D eigenvalue weighted by molar-refractivity contribution is 0.102. The number of hydrogen-bond donors (Lipinski definition) is 2. The molecule has 0 saturated heterocycles. The summed E-state index contributed by atoms with van der Waals surface area (Å²) < 4.78 is 0. The summed E-state index contributed by atoms with van der Waals surface area (Å²) in [5.41, 5.74) is 7.79. The minimum Gasteiger partial charge on any atom is -0.322 e. The Morgan fingerprint density at radius 3 is 2.57 bits per heavy atom. The third-order valence-electron chi connectivity index (χ3n) is 2.73. The number of carbonyl (C=O) groups is 1. The van der Waals surface area contributed by atoms with Crippen molar-refractivity contribution in [1.82, 2.24) is 0 Å². The van der Waals surface area contributed by atoms with Gasteiger partial charge in [0.05, 0.1) is 18.2 Å². The van der Waals surface area contributed by atoms with E-state index >= 15 is 0 Å². The van der Waals surface area contributed by atoms with Crippen molar-refractivity contribution in [1.29, 1.82) is 5.26 Å². The Bertz CT molecular complexity index is 746. The molecule has 1 amide bonds. The predicted molar refractivity (Wildman–Crippen MR) is 81.5 cm³/mol. The Balaban J connectivity index is 2.13. The number of hydrogen-bond acceptors (Lipinski definition) is 3. The van der Waals surface area contributed by atoms with Gasteiger partial charge < -0.3 is 11.1 Å². The van der Waals surface area contributed by atoms with Crippen molar-refractivity contribution in [2.24, 2.45) is 5.73 Å². The Hall–Kier alpha value is -3.08. The van der Waals surface area contributed by atoms with Crippen LogP contribution in [0.4, 0.5) is 5.69 Å². The maximum Gasteiger partial charge on any atom is 0.255 e. The minimum atomic E-state index is -0.233. The highest BCUT2D eigenvalue weighted by molar-refractivity contribution is 6.04. The lowest BCUT2D eigenvalue weighted by Gasteiger charge is -2.05.